The Hall–Kier alpha value is -2.85. The van der Waals surface area contributed by atoms with Crippen molar-refractivity contribution in [3.8, 4) is 0 Å². The third-order valence-electron chi connectivity index (χ3n) is 6.37. The van der Waals surface area contributed by atoms with Gasteiger partial charge in [0.05, 0.1) is 28.9 Å². The van der Waals surface area contributed by atoms with Gasteiger partial charge in [-0.15, -0.1) is 11.8 Å². The first kappa shape index (κ1) is 27.2. The van der Waals surface area contributed by atoms with Crippen LogP contribution in [0.2, 0.25) is 0 Å². The molecule has 0 radical (unpaired) electrons. The largest absolute Gasteiger partial charge is 0.456 e. The number of allylic oxidation sites excluding steroid dienone is 1. The molecule has 1 atom stereocenters. The number of benzene rings is 2. The lowest BCUT2D eigenvalue weighted by Crippen LogP contribution is -2.42. The second-order valence-electron chi connectivity index (χ2n) is 10.0. The number of carbonyl (C=O) groups excluding carboxylic acids is 1. The van der Waals surface area contributed by atoms with Crippen molar-refractivity contribution in [3.63, 3.8) is 0 Å². The van der Waals surface area contributed by atoms with E-state index in [4.69, 9.17) is 10.5 Å². The van der Waals surface area contributed by atoms with Crippen LogP contribution in [0.5, 0.6) is 0 Å². The number of hydrazine groups is 1. The van der Waals surface area contributed by atoms with E-state index in [1.54, 1.807) is 62.9 Å². The van der Waals surface area contributed by atoms with E-state index in [9.17, 15) is 18.0 Å². The van der Waals surface area contributed by atoms with Gasteiger partial charge in [-0.2, -0.15) is 13.2 Å². The molecule has 200 valence electrons. The molecule has 2 aromatic rings. The number of esters is 1. The van der Waals surface area contributed by atoms with Crippen LogP contribution in [0.25, 0.3) is 0 Å². The molecule has 0 spiro atoms. The lowest BCUT2D eigenvalue weighted by molar-refractivity contribution is -0.0927. The fraction of sp³-hybridized carbons (Fsp3) is 0.444. The predicted molar refractivity (Wildman–Crippen MR) is 144 cm³/mol. The quantitative estimate of drug-likeness (QED) is 0.451. The van der Waals surface area contributed by atoms with E-state index in [2.05, 4.69) is 11.2 Å². The van der Waals surface area contributed by atoms with Gasteiger partial charge in [-0.05, 0) is 82.3 Å². The third-order valence-corrected chi connectivity index (χ3v) is 7.40. The molecule has 2 aliphatic heterocycles. The topological polar surface area (TPSA) is 62.0 Å². The molecule has 2 N–H and O–H groups in total. The number of anilines is 3. The minimum absolute atomic E-state index is 0.0258. The zero-order chi connectivity index (χ0) is 27.0. The smallest absolute Gasteiger partial charge is 0.433 e. The zero-order valence-electron chi connectivity index (χ0n) is 21.5. The third kappa shape index (κ3) is 5.70. The van der Waals surface area contributed by atoms with Crippen LogP contribution < -0.4 is 20.7 Å². The molecule has 4 rings (SSSR count). The van der Waals surface area contributed by atoms with Crippen molar-refractivity contribution in [2.45, 2.75) is 57.3 Å². The maximum Gasteiger partial charge on any atom is 0.433 e. The highest BCUT2D eigenvalue weighted by atomic mass is 32.2. The summed E-state index contributed by atoms with van der Waals surface area (Å²) >= 11 is 1.78. The molecule has 1 unspecified atom stereocenters. The number of alkyl halides is 3. The van der Waals surface area contributed by atoms with Gasteiger partial charge in [-0.25, -0.2) is 9.80 Å². The van der Waals surface area contributed by atoms with Gasteiger partial charge in [-0.3, -0.25) is 5.01 Å². The average Bonchev–Trinajstić information content (AvgIpc) is 3.49. The predicted octanol–water partition coefficient (Wildman–Crippen LogP) is 6.08. The van der Waals surface area contributed by atoms with Crippen LogP contribution in [-0.4, -0.2) is 42.5 Å². The van der Waals surface area contributed by atoms with Crippen molar-refractivity contribution in [3.05, 3.63) is 65.4 Å². The molecule has 0 aliphatic carbocycles. The highest BCUT2D eigenvalue weighted by molar-refractivity contribution is 7.99. The maximum atomic E-state index is 14.1. The van der Waals surface area contributed by atoms with Crippen molar-refractivity contribution in [1.82, 2.24) is 0 Å². The summed E-state index contributed by atoms with van der Waals surface area (Å²) in [7, 11) is 0. The number of hydrogen-bond acceptors (Lipinski definition) is 7. The Bertz CT molecular complexity index is 1160. The highest BCUT2D eigenvalue weighted by Crippen LogP contribution is 2.41. The van der Waals surface area contributed by atoms with Crippen LogP contribution >= 0.6 is 11.8 Å². The molecule has 0 aromatic heterocycles. The molecule has 0 saturated carbocycles. The van der Waals surface area contributed by atoms with Gasteiger partial charge in [0.15, 0.2) is 0 Å². The van der Waals surface area contributed by atoms with Crippen LogP contribution in [-0.2, 0) is 11.3 Å². The second kappa shape index (κ2) is 10.5. The highest BCUT2D eigenvalue weighted by Gasteiger charge is 2.44. The summed E-state index contributed by atoms with van der Waals surface area (Å²) in [6, 6.07) is 12.1. The minimum atomic E-state index is -4.57. The Morgan fingerprint density at radius 3 is 2.38 bits per heavy atom. The molecule has 6 nitrogen and oxygen atoms in total. The van der Waals surface area contributed by atoms with E-state index in [1.807, 2.05) is 12.1 Å². The van der Waals surface area contributed by atoms with E-state index in [0.717, 1.165) is 36.2 Å². The number of carbonyl (C=O) groups is 1. The zero-order valence-corrected chi connectivity index (χ0v) is 22.3. The lowest BCUT2D eigenvalue weighted by Gasteiger charge is -2.36. The average molecular weight is 535 g/mol. The Labute approximate surface area is 220 Å². The van der Waals surface area contributed by atoms with Gasteiger partial charge < -0.3 is 15.4 Å². The summed E-state index contributed by atoms with van der Waals surface area (Å²) in [5, 5.41) is 3.03. The summed E-state index contributed by atoms with van der Waals surface area (Å²) in [4.78, 5) is 15.2. The van der Waals surface area contributed by atoms with E-state index in [1.165, 1.54) is 5.01 Å². The molecule has 37 heavy (non-hydrogen) atoms. The van der Waals surface area contributed by atoms with E-state index in [0.29, 0.717) is 22.3 Å². The van der Waals surface area contributed by atoms with Crippen LogP contribution in [0.1, 0.15) is 49.5 Å². The molecule has 10 heteroatoms. The summed E-state index contributed by atoms with van der Waals surface area (Å²) < 4.78 is 47.9. The molecule has 1 saturated heterocycles. The summed E-state index contributed by atoms with van der Waals surface area (Å²) in [6.45, 7) is 6.12. The molecule has 0 amide bonds. The Morgan fingerprint density at radius 1 is 1.11 bits per heavy atom. The van der Waals surface area contributed by atoms with Gasteiger partial charge in [0.2, 0.25) is 0 Å². The molecule has 2 heterocycles. The molecule has 2 aliphatic rings. The summed E-state index contributed by atoms with van der Waals surface area (Å²) in [6.07, 6.45) is 0.820. The first-order valence-electron chi connectivity index (χ1n) is 12.2. The number of halogens is 3. The molecular weight excluding hydrogens is 501 g/mol. The second-order valence-corrected chi connectivity index (χ2v) is 11.0. The van der Waals surface area contributed by atoms with E-state index >= 15 is 0 Å². The fourth-order valence-electron chi connectivity index (χ4n) is 4.81. The number of nitrogens with zero attached hydrogens (tertiary/aromatic N) is 3. The van der Waals surface area contributed by atoms with Crippen molar-refractivity contribution in [1.29, 1.82) is 0 Å². The van der Waals surface area contributed by atoms with Crippen LogP contribution in [0.15, 0.2) is 54.2 Å². The Kier molecular flexibility index (Phi) is 7.71. The van der Waals surface area contributed by atoms with Crippen molar-refractivity contribution >= 4 is 34.8 Å². The van der Waals surface area contributed by atoms with Gasteiger partial charge in [0.1, 0.15) is 11.3 Å². The van der Waals surface area contributed by atoms with Gasteiger partial charge in [0.25, 0.3) is 0 Å². The number of ether oxygens (including phenoxy) is 1. The lowest BCUT2D eigenvalue weighted by atomic mass is 10.0. The fourth-order valence-corrected chi connectivity index (χ4v) is 5.69. The van der Waals surface area contributed by atoms with Crippen LogP contribution in [0.4, 0.5) is 30.2 Å². The molecular formula is C27H33F3N4O2S. The van der Waals surface area contributed by atoms with Crippen LogP contribution in [0.3, 0.4) is 0 Å². The SMILES string of the molecule is CSC1CCCN1c1ccc(N2C(C(F)(F)F)=CCN2c2cccc(C(=O)OC(C)(C)C)c2CN)cc1. The van der Waals surface area contributed by atoms with Crippen LogP contribution in [0, 0.1) is 0 Å². The summed E-state index contributed by atoms with van der Waals surface area (Å²) in [5.74, 6) is -0.567. The van der Waals surface area contributed by atoms with Crippen molar-refractivity contribution in [2.75, 3.05) is 34.3 Å². The number of thioether (sulfide) groups is 1. The van der Waals surface area contributed by atoms with Gasteiger partial charge in [-0.1, -0.05) is 6.07 Å². The van der Waals surface area contributed by atoms with E-state index in [-0.39, 0.29) is 18.7 Å². The first-order valence-corrected chi connectivity index (χ1v) is 13.5. The van der Waals surface area contributed by atoms with Crippen molar-refractivity contribution in [2.24, 2.45) is 5.73 Å². The normalized spacial score (nSPS) is 18.4. The Balaban J connectivity index is 1.73. The van der Waals surface area contributed by atoms with Crippen molar-refractivity contribution < 1.29 is 22.7 Å². The molecule has 0 bridgehead atoms. The number of rotatable bonds is 6. The minimum Gasteiger partial charge on any atom is -0.456 e. The maximum absolute atomic E-state index is 14.1. The number of nitrogens with two attached hydrogens (primary N) is 1. The summed E-state index contributed by atoms with van der Waals surface area (Å²) in [5.41, 5.74) is 6.98. The van der Waals surface area contributed by atoms with E-state index < -0.39 is 23.4 Å². The standard InChI is InChI=1S/C27H33F3N4O2S/c1-26(2,3)36-25(35)20-7-5-8-22(21(20)17-31)33-16-14-23(27(28,29)30)34(33)19-12-10-18(11-13-19)32-15-6-9-24(32)37-4/h5,7-8,10-14,24H,6,9,15-17,31H2,1-4H3. The number of hydrogen-bond donors (Lipinski definition) is 1. The van der Waals surface area contributed by atoms with Gasteiger partial charge >= 0.3 is 12.1 Å². The molecule has 2 aromatic carbocycles. The Morgan fingerprint density at radius 2 is 1.78 bits per heavy atom. The van der Waals surface area contributed by atoms with Gasteiger partial charge in [0, 0.05) is 24.3 Å². The molecule has 1 fully saturated rings. The monoisotopic (exact) mass is 534 g/mol. The first-order chi connectivity index (χ1) is 17.4.